The molecule has 7 heteroatoms. The van der Waals surface area contributed by atoms with Crippen LogP contribution < -0.4 is 0 Å². The highest BCUT2D eigenvalue weighted by atomic mass is 16.6. The summed E-state index contributed by atoms with van der Waals surface area (Å²) in [6, 6.07) is 26.9. The number of hydrogen-bond donors (Lipinski definition) is 0. The molecule has 3 aromatic carbocycles. The first-order valence-electron chi connectivity index (χ1n) is 15.8. The molecule has 1 saturated carbocycles. The number of carbonyl (C=O) groups is 2. The molecule has 3 unspecified atom stereocenters. The van der Waals surface area contributed by atoms with Gasteiger partial charge in [0, 0.05) is 30.9 Å². The van der Waals surface area contributed by atoms with E-state index >= 15 is 0 Å². The van der Waals surface area contributed by atoms with E-state index in [9.17, 15) is 9.59 Å². The molecular weight excluding hydrogens is 536 g/mol. The normalized spacial score (nSPS) is 24.7. The van der Waals surface area contributed by atoms with Crippen LogP contribution in [0.15, 0.2) is 78.9 Å². The second-order valence-corrected chi connectivity index (χ2v) is 12.8. The first kappa shape index (κ1) is 27.8. The fourth-order valence-electron chi connectivity index (χ4n) is 7.72. The zero-order valence-corrected chi connectivity index (χ0v) is 25.1. The summed E-state index contributed by atoms with van der Waals surface area (Å²) in [6.45, 7) is 6.41. The Hall–Kier alpha value is -3.97. The zero-order valence-electron chi connectivity index (χ0n) is 25.1. The SMILES string of the molecule is CCc1nn(C2CCCC2)c2cc(C3CN(Cc4ccccc4)CC3(C)C(=O)N3C(=O)OCC3c3ccccc3)ccc12. The summed E-state index contributed by atoms with van der Waals surface area (Å²) in [5.41, 5.74) is 4.72. The van der Waals surface area contributed by atoms with Crippen molar-refractivity contribution < 1.29 is 14.3 Å². The van der Waals surface area contributed by atoms with Gasteiger partial charge in [-0.2, -0.15) is 5.10 Å². The minimum absolute atomic E-state index is 0.102. The van der Waals surface area contributed by atoms with Gasteiger partial charge in [0.1, 0.15) is 12.6 Å². The van der Waals surface area contributed by atoms with E-state index in [2.05, 4.69) is 65.9 Å². The molecule has 222 valence electrons. The lowest BCUT2D eigenvalue weighted by molar-refractivity contribution is -0.139. The third-order valence-corrected chi connectivity index (χ3v) is 9.99. The van der Waals surface area contributed by atoms with Crippen molar-refractivity contribution in [1.82, 2.24) is 19.6 Å². The maximum atomic E-state index is 14.7. The highest BCUT2D eigenvalue weighted by molar-refractivity contribution is 5.98. The predicted molar refractivity (Wildman–Crippen MR) is 167 cm³/mol. The van der Waals surface area contributed by atoms with Crippen molar-refractivity contribution in [3.05, 3.63) is 101 Å². The Morgan fingerprint density at radius 2 is 1.70 bits per heavy atom. The van der Waals surface area contributed by atoms with E-state index in [0.717, 1.165) is 49.2 Å². The topological polar surface area (TPSA) is 67.7 Å². The Morgan fingerprint density at radius 3 is 2.42 bits per heavy atom. The number of rotatable bonds is 7. The minimum Gasteiger partial charge on any atom is -0.446 e. The van der Waals surface area contributed by atoms with Crippen LogP contribution in [0.3, 0.4) is 0 Å². The van der Waals surface area contributed by atoms with Crippen LogP contribution in [0.25, 0.3) is 10.9 Å². The van der Waals surface area contributed by atoms with Crippen LogP contribution in [0, 0.1) is 5.41 Å². The summed E-state index contributed by atoms with van der Waals surface area (Å²) in [7, 11) is 0. The molecule has 0 bridgehead atoms. The molecule has 4 aromatic rings. The number of imide groups is 1. The van der Waals surface area contributed by atoms with Gasteiger partial charge >= 0.3 is 6.09 Å². The first-order valence-corrected chi connectivity index (χ1v) is 15.8. The Morgan fingerprint density at radius 1 is 0.977 bits per heavy atom. The molecule has 3 heterocycles. The van der Waals surface area contributed by atoms with Gasteiger partial charge in [0.15, 0.2) is 0 Å². The Labute approximate surface area is 253 Å². The number of aryl methyl sites for hydroxylation is 1. The van der Waals surface area contributed by atoms with Crippen molar-refractivity contribution in [3.63, 3.8) is 0 Å². The molecule has 0 N–H and O–H groups in total. The van der Waals surface area contributed by atoms with Crippen molar-refractivity contribution in [2.24, 2.45) is 5.41 Å². The minimum atomic E-state index is -0.829. The maximum Gasteiger partial charge on any atom is 0.417 e. The third kappa shape index (κ3) is 4.93. The van der Waals surface area contributed by atoms with E-state index in [1.165, 1.54) is 34.2 Å². The third-order valence-electron chi connectivity index (χ3n) is 9.99. The van der Waals surface area contributed by atoms with Crippen molar-refractivity contribution in [2.75, 3.05) is 19.7 Å². The van der Waals surface area contributed by atoms with Gasteiger partial charge in [0.25, 0.3) is 0 Å². The van der Waals surface area contributed by atoms with Crippen LogP contribution in [0.4, 0.5) is 4.79 Å². The molecule has 43 heavy (non-hydrogen) atoms. The maximum absolute atomic E-state index is 14.7. The lowest BCUT2D eigenvalue weighted by Crippen LogP contribution is -2.47. The van der Waals surface area contributed by atoms with Crippen LogP contribution >= 0.6 is 0 Å². The summed E-state index contributed by atoms with van der Waals surface area (Å²) in [4.78, 5) is 31.7. The fourth-order valence-corrected chi connectivity index (χ4v) is 7.72. The monoisotopic (exact) mass is 576 g/mol. The summed E-state index contributed by atoms with van der Waals surface area (Å²) in [5, 5.41) is 6.29. The van der Waals surface area contributed by atoms with Gasteiger partial charge in [-0.25, -0.2) is 9.69 Å². The number of likely N-dealkylation sites (tertiary alicyclic amines) is 1. The Kier molecular flexibility index (Phi) is 7.29. The number of carbonyl (C=O) groups excluding carboxylic acids is 2. The molecule has 0 radical (unpaired) electrons. The Balaban J connectivity index is 1.29. The average molecular weight is 577 g/mol. The van der Waals surface area contributed by atoms with E-state index in [4.69, 9.17) is 9.84 Å². The highest BCUT2D eigenvalue weighted by Gasteiger charge is 2.54. The first-order chi connectivity index (χ1) is 21.0. The molecular formula is C36H40N4O3. The Bertz CT molecular complexity index is 1630. The van der Waals surface area contributed by atoms with Gasteiger partial charge in [-0.3, -0.25) is 14.4 Å². The largest absolute Gasteiger partial charge is 0.446 e. The van der Waals surface area contributed by atoms with E-state index in [1.54, 1.807) is 0 Å². The number of cyclic esters (lactones) is 1. The molecule has 1 aromatic heterocycles. The van der Waals surface area contributed by atoms with Gasteiger partial charge < -0.3 is 4.74 Å². The van der Waals surface area contributed by atoms with Crippen LogP contribution in [-0.4, -0.2) is 51.3 Å². The van der Waals surface area contributed by atoms with Crippen molar-refractivity contribution in [1.29, 1.82) is 0 Å². The van der Waals surface area contributed by atoms with Gasteiger partial charge in [-0.05, 0) is 48.9 Å². The summed E-state index contributed by atoms with van der Waals surface area (Å²) in [6.07, 6.45) is 5.14. The highest BCUT2D eigenvalue weighted by Crippen LogP contribution is 2.47. The van der Waals surface area contributed by atoms with Crippen molar-refractivity contribution in [3.8, 4) is 0 Å². The van der Waals surface area contributed by atoms with Gasteiger partial charge in [0.05, 0.1) is 22.7 Å². The van der Waals surface area contributed by atoms with Gasteiger partial charge in [0.2, 0.25) is 5.91 Å². The lowest BCUT2D eigenvalue weighted by atomic mass is 9.74. The number of benzene rings is 3. The van der Waals surface area contributed by atoms with Crippen LogP contribution in [0.5, 0.6) is 0 Å². The number of amides is 2. The van der Waals surface area contributed by atoms with Gasteiger partial charge in [-0.15, -0.1) is 0 Å². The molecule has 0 spiro atoms. The van der Waals surface area contributed by atoms with E-state index in [0.29, 0.717) is 12.6 Å². The molecule has 7 nitrogen and oxygen atoms in total. The quantitative estimate of drug-likeness (QED) is 0.236. The van der Waals surface area contributed by atoms with E-state index in [1.807, 2.05) is 36.4 Å². The predicted octanol–water partition coefficient (Wildman–Crippen LogP) is 7.04. The fraction of sp³-hybridized carbons (Fsp3) is 0.417. The van der Waals surface area contributed by atoms with Crippen LogP contribution in [0.1, 0.15) is 79.9 Å². The molecule has 3 fully saturated rings. The van der Waals surface area contributed by atoms with E-state index in [-0.39, 0.29) is 18.4 Å². The van der Waals surface area contributed by atoms with Crippen molar-refractivity contribution in [2.45, 2.75) is 70.5 Å². The smallest absolute Gasteiger partial charge is 0.417 e. The number of ether oxygens (including phenoxy) is 1. The molecule has 7 rings (SSSR count). The molecule has 2 saturated heterocycles. The second kappa shape index (κ2) is 11.3. The lowest BCUT2D eigenvalue weighted by Gasteiger charge is -2.34. The summed E-state index contributed by atoms with van der Waals surface area (Å²) in [5.74, 6) is -0.266. The van der Waals surface area contributed by atoms with Crippen LogP contribution in [-0.2, 0) is 22.5 Å². The average Bonchev–Trinajstić information content (AvgIpc) is 3.83. The molecule has 3 atom stereocenters. The van der Waals surface area contributed by atoms with Crippen LogP contribution in [0.2, 0.25) is 0 Å². The zero-order chi connectivity index (χ0) is 29.6. The number of nitrogens with zero attached hydrogens (tertiary/aromatic N) is 4. The number of aromatic nitrogens is 2. The second-order valence-electron chi connectivity index (χ2n) is 12.8. The molecule has 1 aliphatic carbocycles. The summed E-state index contributed by atoms with van der Waals surface area (Å²) >= 11 is 0. The van der Waals surface area contributed by atoms with Crippen molar-refractivity contribution >= 4 is 22.9 Å². The number of fused-ring (bicyclic) bond motifs is 1. The summed E-state index contributed by atoms with van der Waals surface area (Å²) < 4.78 is 7.78. The van der Waals surface area contributed by atoms with Gasteiger partial charge in [-0.1, -0.05) is 92.6 Å². The molecule has 2 amide bonds. The van der Waals surface area contributed by atoms with E-state index < -0.39 is 17.6 Å². The standard InChI is InChI=1S/C36H40N4O3/c1-3-31-29-19-18-27(20-32(29)40(37-31)28-16-10-11-17-28)30-22-38(21-25-12-6-4-7-13-25)24-36(30,2)34(41)39-33(23-43-35(39)42)26-14-8-5-9-15-26/h4-9,12-15,18-20,28,30,33H,3,10-11,16-17,21-24H2,1-2H3. The molecule has 2 aliphatic heterocycles. The molecule has 3 aliphatic rings. The number of hydrogen-bond acceptors (Lipinski definition) is 5.